The van der Waals surface area contributed by atoms with Crippen LogP contribution in [-0.4, -0.2) is 16.8 Å². The highest BCUT2D eigenvalue weighted by Crippen LogP contribution is 2.25. The first-order valence-electron chi connectivity index (χ1n) is 3.45. The van der Waals surface area contributed by atoms with E-state index in [2.05, 4.69) is 4.98 Å². The molecule has 0 aliphatic heterocycles. The van der Waals surface area contributed by atoms with Gasteiger partial charge in [0.1, 0.15) is 4.88 Å². The van der Waals surface area contributed by atoms with Gasteiger partial charge in [0.25, 0.3) is 10.4 Å². The summed E-state index contributed by atoms with van der Waals surface area (Å²) in [5.74, 6) is 0. The molecular weight excluding hydrogens is 198 g/mol. The van der Waals surface area contributed by atoms with Crippen LogP contribution in [0.5, 0.6) is 5.19 Å². The summed E-state index contributed by atoms with van der Waals surface area (Å²) in [4.78, 5) is 15.2. The van der Waals surface area contributed by atoms with Crippen LogP contribution < -0.4 is 4.74 Å². The lowest BCUT2D eigenvalue weighted by Gasteiger charge is -1.92. The van der Waals surface area contributed by atoms with E-state index < -0.39 is 5.24 Å². The van der Waals surface area contributed by atoms with Gasteiger partial charge in [0.15, 0.2) is 0 Å². The summed E-state index contributed by atoms with van der Waals surface area (Å²) in [5, 5.41) is 0.0231. The molecular formula is C7H8ClNO2S. The second-order valence-corrected chi connectivity index (χ2v) is 3.41. The Labute approximate surface area is 79.3 Å². The minimum atomic E-state index is -0.476. The van der Waals surface area contributed by atoms with E-state index in [4.69, 9.17) is 16.3 Å². The Kier molecular flexibility index (Phi) is 3.05. The zero-order valence-corrected chi connectivity index (χ0v) is 8.33. The lowest BCUT2D eigenvalue weighted by atomic mass is 10.4. The maximum atomic E-state index is 10.8. The molecule has 0 aliphatic carbocycles. The van der Waals surface area contributed by atoms with Crippen LogP contribution in [0.2, 0.25) is 0 Å². The quantitative estimate of drug-likeness (QED) is 0.711. The number of carbonyl (C=O) groups is 1. The van der Waals surface area contributed by atoms with Gasteiger partial charge in [-0.3, -0.25) is 4.79 Å². The van der Waals surface area contributed by atoms with E-state index in [-0.39, 0.29) is 0 Å². The maximum absolute atomic E-state index is 10.8. The van der Waals surface area contributed by atoms with Gasteiger partial charge in [-0.2, -0.15) is 0 Å². The van der Waals surface area contributed by atoms with Crippen molar-refractivity contribution in [2.75, 3.05) is 6.61 Å². The highest BCUT2D eigenvalue weighted by Gasteiger charge is 2.13. The number of halogens is 1. The van der Waals surface area contributed by atoms with Crippen molar-refractivity contribution >= 4 is 28.2 Å². The topological polar surface area (TPSA) is 39.2 Å². The smallest absolute Gasteiger partial charge is 0.274 e. The number of hydrogen-bond donors (Lipinski definition) is 0. The minimum absolute atomic E-state index is 0.458. The van der Waals surface area contributed by atoms with Crippen LogP contribution in [0.1, 0.15) is 22.3 Å². The number of rotatable bonds is 3. The Balaban J connectivity index is 2.92. The van der Waals surface area contributed by atoms with E-state index in [1.54, 1.807) is 6.92 Å². The molecule has 0 unspecified atom stereocenters. The van der Waals surface area contributed by atoms with Crippen LogP contribution in [0.15, 0.2) is 0 Å². The SMILES string of the molecule is CCOc1nc(C)c(C(=O)Cl)s1. The van der Waals surface area contributed by atoms with Crippen molar-refractivity contribution in [3.05, 3.63) is 10.6 Å². The van der Waals surface area contributed by atoms with Crippen LogP contribution in [0, 0.1) is 6.92 Å². The van der Waals surface area contributed by atoms with Crippen molar-refractivity contribution in [2.45, 2.75) is 13.8 Å². The number of ether oxygens (including phenoxy) is 1. The van der Waals surface area contributed by atoms with E-state index in [0.29, 0.717) is 22.4 Å². The summed E-state index contributed by atoms with van der Waals surface area (Å²) in [5.41, 5.74) is 0.628. The summed E-state index contributed by atoms with van der Waals surface area (Å²) in [6.45, 7) is 4.14. The van der Waals surface area contributed by atoms with Crippen LogP contribution in [-0.2, 0) is 0 Å². The first-order chi connectivity index (χ1) is 5.65. The zero-order valence-electron chi connectivity index (χ0n) is 6.76. The van der Waals surface area contributed by atoms with E-state index in [1.165, 1.54) is 11.3 Å². The molecule has 0 fully saturated rings. The van der Waals surface area contributed by atoms with Gasteiger partial charge in [-0.05, 0) is 25.4 Å². The summed E-state index contributed by atoms with van der Waals surface area (Å²) in [7, 11) is 0. The van der Waals surface area contributed by atoms with Gasteiger partial charge in [-0.25, -0.2) is 4.98 Å². The molecule has 0 N–H and O–H groups in total. The second-order valence-electron chi connectivity index (χ2n) is 2.10. The highest BCUT2D eigenvalue weighted by molar-refractivity contribution is 7.17. The van der Waals surface area contributed by atoms with E-state index in [0.717, 1.165) is 0 Å². The summed E-state index contributed by atoms with van der Waals surface area (Å²) in [6.07, 6.45) is 0. The molecule has 1 heterocycles. The Bertz CT molecular complexity index is 298. The van der Waals surface area contributed by atoms with Crippen molar-refractivity contribution < 1.29 is 9.53 Å². The Morgan fingerprint density at radius 1 is 1.75 bits per heavy atom. The normalized spacial score (nSPS) is 9.92. The molecule has 1 aromatic heterocycles. The number of carbonyl (C=O) groups excluding carboxylic acids is 1. The van der Waals surface area contributed by atoms with E-state index in [9.17, 15) is 4.79 Å². The predicted octanol–water partition coefficient (Wildman–Crippen LogP) is 2.23. The van der Waals surface area contributed by atoms with Crippen molar-refractivity contribution in [1.29, 1.82) is 0 Å². The van der Waals surface area contributed by atoms with Gasteiger partial charge in [-0.1, -0.05) is 11.3 Å². The average Bonchev–Trinajstić information content (AvgIpc) is 2.32. The van der Waals surface area contributed by atoms with Gasteiger partial charge in [0.05, 0.1) is 12.3 Å². The lowest BCUT2D eigenvalue weighted by Crippen LogP contribution is -1.89. The standard InChI is InChI=1S/C7H8ClNO2S/c1-3-11-7-9-4(2)5(12-7)6(8)10/h3H2,1-2H3. The van der Waals surface area contributed by atoms with Gasteiger partial charge < -0.3 is 4.74 Å². The average molecular weight is 206 g/mol. The van der Waals surface area contributed by atoms with Gasteiger partial charge in [-0.15, -0.1) is 0 Å². The van der Waals surface area contributed by atoms with E-state index in [1.807, 2.05) is 6.92 Å². The zero-order chi connectivity index (χ0) is 9.14. The molecule has 0 atom stereocenters. The monoisotopic (exact) mass is 205 g/mol. The lowest BCUT2D eigenvalue weighted by molar-refractivity contribution is 0.108. The fraction of sp³-hybridized carbons (Fsp3) is 0.429. The molecule has 0 spiro atoms. The molecule has 66 valence electrons. The Morgan fingerprint density at radius 3 is 2.83 bits per heavy atom. The van der Waals surface area contributed by atoms with Gasteiger partial charge in [0, 0.05) is 0 Å². The second kappa shape index (κ2) is 3.87. The number of thiazole rings is 1. The first-order valence-corrected chi connectivity index (χ1v) is 4.64. The van der Waals surface area contributed by atoms with Crippen LogP contribution >= 0.6 is 22.9 Å². The molecule has 0 bridgehead atoms. The van der Waals surface area contributed by atoms with Crippen LogP contribution in [0.3, 0.4) is 0 Å². The van der Waals surface area contributed by atoms with Crippen molar-refractivity contribution in [3.63, 3.8) is 0 Å². The largest absolute Gasteiger partial charge is 0.470 e. The Morgan fingerprint density at radius 2 is 2.42 bits per heavy atom. The fourth-order valence-electron chi connectivity index (χ4n) is 0.739. The molecule has 1 rings (SSSR count). The molecule has 0 aromatic carbocycles. The molecule has 12 heavy (non-hydrogen) atoms. The number of nitrogens with zero attached hydrogens (tertiary/aromatic N) is 1. The van der Waals surface area contributed by atoms with Crippen LogP contribution in [0.4, 0.5) is 0 Å². The van der Waals surface area contributed by atoms with Crippen molar-refractivity contribution in [1.82, 2.24) is 4.98 Å². The minimum Gasteiger partial charge on any atom is -0.470 e. The van der Waals surface area contributed by atoms with Gasteiger partial charge >= 0.3 is 0 Å². The summed E-state index contributed by atoms with van der Waals surface area (Å²) < 4.78 is 5.11. The van der Waals surface area contributed by atoms with Crippen LogP contribution in [0.25, 0.3) is 0 Å². The maximum Gasteiger partial charge on any atom is 0.274 e. The molecule has 5 heteroatoms. The first kappa shape index (κ1) is 9.48. The third kappa shape index (κ3) is 1.95. The molecule has 0 radical (unpaired) electrons. The summed E-state index contributed by atoms with van der Waals surface area (Å²) in [6, 6.07) is 0. The number of aromatic nitrogens is 1. The highest BCUT2D eigenvalue weighted by atomic mass is 35.5. The molecule has 0 amide bonds. The Hall–Kier alpha value is -0.610. The van der Waals surface area contributed by atoms with E-state index >= 15 is 0 Å². The third-order valence-corrected chi connectivity index (χ3v) is 2.59. The molecule has 0 saturated heterocycles. The molecule has 1 aromatic rings. The summed E-state index contributed by atoms with van der Waals surface area (Å²) >= 11 is 6.48. The molecule has 3 nitrogen and oxygen atoms in total. The van der Waals surface area contributed by atoms with Crippen molar-refractivity contribution in [3.8, 4) is 5.19 Å². The predicted molar refractivity (Wildman–Crippen MR) is 48.2 cm³/mol. The molecule has 0 aliphatic rings. The number of aryl methyl sites for hydroxylation is 1. The fourth-order valence-corrected chi connectivity index (χ4v) is 1.80. The van der Waals surface area contributed by atoms with Gasteiger partial charge in [0.2, 0.25) is 0 Å². The third-order valence-electron chi connectivity index (χ3n) is 1.22. The van der Waals surface area contributed by atoms with Crippen molar-refractivity contribution in [2.24, 2.45) is 0 Å². The molecule has 0 saturated carbocycles. The number of hydrogen-bond acceptors (Lipinski definition) is 4.